The Morgan fingerprint density at radius 2 is 1.97 bits per heavy atom. The zero-order chi connectivity index (χ0) is 27.1. The Labute approximate surface area is 214 Å². The van der Waals surface area contributed by atoms with Gasteiger partial charge in [0.15, 0.2) is 16.7 Å². The average molecular weight is 581 g/mol. The summed E-state index contributed by atoms with van der Waals surface area (Å²) >= 11 is 6.21. The highest BCUT2D eigenvalue weighted by Gasteiger charge is 2.46. The van der Waals surface area contributed by atoms with Gasteiger partial charge >= 0.3 is 15.2 Å². The van der Waals surface area contributed by atoms with Gasteiger partial charge in [0.1, 0.15) is 30.2 Å². The molecule has 1 saturated heterocycles. The van der Waals surface area contributed by atoms with Crippen molar-refractivity contribution in [2.24, 2.45) is 0 Å². The quantitative estimate of drug-likeness (QED) is 0.202. The molecule has 1 unspecified atom stereocenters. The molecule has 202 valence electrons. The number of aliphatic hydroxyl groups is 2. The molecule has 3 heterocycles. The van der Waals surface area contributed by atoms with E-state index in [0.717, 1.165) is 0 Å². The SMILES string of the molecule is C[C@H](Nc1cc(Cl)nn2c([C@@H]3O[C@H](COP(=O)(O)CP(=O)(O)O)[C@@H](O)[C@H]3O)cnc12)c1cccc(F)c1. The number of anilines is 1. The molecule has 17 heteroatoms. The summed E-state index contributed by atoms with van der Waals surface area (Å²) in [6.45, 7) is 1.08. The number of benzene rings is 1. The van der Waals surface area contributed by atoms with E-state index in [4.69, 9.17) is 30.6 Å². The average Bonchev–Trinajstić information content (AvgIpc) is 3.32. The Balaban J connectivity index is 1.55. The van der Waals surface area contributed by atoms with E-state index in [1.807, 2.05) is 0 Å². The van der Waals surface area contributed by atoms with E-state index in [0.29, 0.717) is 11.3 Å². The number of halogens is 2. The molecular formula is C20H24ClFN4O9P2. The lowest BCUT2D eigenvalue weighted by Crippen LogP contribution is -2.33. The van der Waals surface area contributed by atoms with Gasteiger partial charge in [-0.3, -0.25) is 9.13 Å². The third kappa shape index (κ3) is 6.55. The lowest BCUT2D eigenvalue weighted by atomic mass is 10.1. The van der Waals surface area contributed by atoms with Gasteiger partial charge < -0.3 is 39.5 Å². The van der Waals surface area contributed by atoms with Gasteiger partial charge in [0.05, 0.1) is 24.2 Å². The van der Waals surface area contributed by atoms with Crippen molar-refractivity contribution in [2.45, 2.75) is 37.4 Å². The maximum atomic E-state index is 13.6. The van der Waals surface area contributed by atoms with Crippen LogP contribution >= 0.6 is 26.8 Å². The standard InChI is InChI=1S/C20H24ClFN4O9P2/c1-10(11-3-2-4-12(22)5-11)24-13-6-16(21)25-26-14(7-23-20(13)26)19-18(28)17(27)15(35-19)8-34-37(32,33)9-36(29,30)31/h2-7,10,15,17-19,24,27-28H,8-9H2,1H3,(H,32,33)(H2,29,30,31)/t10-,15+,17+,18+,19-/m0/s1. The van der Waals surface area contributed by atoms with Gasteiger partial charge in [0, 0.05) is 12.1 Å². The Bertz CT molecular complexity index is 1390. The Morgan fingerprint density at radius 1 is 1.24 bits per heavy atom. The number of nitrogens with one attached hydrogen (secondary N) is 1. The van der Waals surface area contributed by atoms with Crippen LogP contribution in [-0.4, -0.2) is 70.3 Å². The van der Waals surface area contributed by atoms with Crippen molar-refractivity contribution < 1.29 is 47.7 Å². The van der Waals surface area contributed by atoms with Crippen LogP contribution in [0.1, 0.15) is 30.3 Å². The number of fused-ring (bicyclic) bond motifs is 1. The molecule has 1 aliphatic heterocycles. The summed E-state index contributed by atoms with van der Waals surface area (Å²) in [7, 11) is -9.55. The van der Waals surface area contributed by atoms with E-state index in [9.17, 15) is 28.6 Å². The number of aromatic nitrogens is 3. The van der Waals surface area contributed by atoms with Gasteiger partial charge in [0.2, 0.25) is 0 Å². The van der Waals surface area contributed by atoms with Gasteiger partial charge in [-0.2, -0.15) is 5.10 Å². The first-order valence-electron chi connectivity index (χ1n) is 10.8. The van der Waals surface area contributed by atoms with E-state index < -0.39 is 57.9 Å². The minimum atomic E-state index is -4.84. The fraction of sp³-hybridized carbons (Fsp3) is 0.400. The molecule has 1 aromatic carbocycles. The van der Waals surface area contributed by atoms with Gasteiger partial charge in [0.25, 0.3) is 0 Å². The number of rotatable bonds is 9. The first-order valence-corrected chi connectivity index (χ1v) is 14.8. The fourth-order valence-electron chi connectivity index (χ4n) is 3.94. The van der Waals surface area contributed by atoms with Crippen molar-refractivity contribution >= 4 is 38.1 Å². The fourth-order valence-corrected chi connectivity index (χ4v) is 6.70. The zero-order valence-electron chi connectivity index (χ0n) is 19.1. The van der Waals surface area contributed by atoms with Gasteiger partial charge in [-0.1, -0.05) is 23.7 Å². The molecule has 2 aromatic heterocycles. The van der Waals surface area contributed by atoms with Crippen molar-refractivity contribution in [3.63, 3.8) is 0 Å². The predicted molar refractivity (Wildman–Crippen MR) is 129 cm³/mol. The maximum Gasteiger partial charge on any atom is 0.340 e. The summed E-state index contributed by atoms with van der Waals surface area (Å²) in [5.74, 6) is -1.80. The van der Waals surface area contributed by atoms with Crippen LogP contribution in [0.4, 0.5) is 10.1 Å². The lowest BCUT2D eigenvalue weighted by molar-refractivity contribution is -0.0204. The second kappa shape index (κ2) is 10.7. The maximum absolute atomic E-state index is 13.6. The molecule has 1 fully saturated rings. The van der Waals surface area contributed by atoms with E-state index in [1.54, 1.807) is 19.1 Å². The predicted octanol–water partition coefficient (Wildman–Crippen LogP) is 2.19. The molecule has 6 N–H and O–H groups in total. The molecule has 1 aliphatic rings. The van der Waals surface area contributed by atoms with Gasteiger partial charge in [-0.15, -0.1) is 0 Å². The van der Waals surface area contributed by atoms with E-state index in [1.165, 1.54) is 28.9 Å². The topological polar surface area (TPSA) is 196 Å². The van der Waals surface area contributed by atoms with Crippen LogP contribution in [-0.2, 0) is 18.4 Å². The number of ether oxygens (including phenoxy) is 1. The van der Waals surface area contributed by atoms with Crippen LogP contribution in [0.2, 0.25) is 5.15 Å². The first-order chi connectivity index (χ1) is 17.2. The van der Waals surface area contributed by atoms with Gasteiger partial charge in [-0.05, 0) is 24.6 Å². The Morgan fingerprint density at radius 3 is 2.65 bits per heavy atom. The molecule has 13 nitrogen and oxygen atoms in total. The number of hydrogen-bond acceptors (Lipinski definition) is 9. The normalized spacial score (nSPS) is 24.8. The zero-order valence-corrected chi connectivity index (χ0v) is 21.7. The largest absolute Gasteiger partial charge is 0.387 e. The van der Waals surface area contributed by atoms with Crippen LogP contribution < -0.4 is 5.32 Å². The van der Waals surface area contributed by atoms with Crippen LogP contribution in [0.15, 0.2) is 36.5 Å². The molecular weight excluding hydrogens is 557 g/mol. The van der Waals surface area contributed by atoms with E-state index >= 15 is 0 Å². The minimum Gasteiger partial charge on any atom is -0.387 e. The molecule has 37 heavy (non-hydrogen) atoms. The second-order valence-electron chi connectivity index (χ2n) is 8.54. The monoisotopic (exact) mass is 580 g/mol. The molecule has 4 rings (SSSR count). The van der Waals surface area contributed by atoms with Crippen molar-refractivity contribution in [1.82, 2.24) is 14.6 Å². The Hall–Kier alpha value is -1.96. The van der Waals surface area contributed by atoms with Crippen LogP contribution in [0.5, 0.6) is 0 Å². The molecule has 0 saturated carbocycles. The highest BCUT2D eigenvalue weighted by molar-refractivity contribution is 7.70. The summed E-state index contributed by atoms with van der Waals surface area (Å²) in [6.07, 6.45) is -4.29. The summed E-state index contributed by atoms with van der Waals surface area (Å²) in [5.41, 5.74) is 1.58. The second-order valence-corrected chi connectivity index (χ2v) is 12.9. The first kappa shape index (κ1) is 28.1. The van der Waals surface area contributed by atoms with Crippen molar-refractivity contribution in [3.05, 3.63) is 58.8 Å². The van der Waals surface area contributed by atoms with Crippen molar-refractivity contribution in [3.8, 4) is 0 Å². The molecule has 6 atom stereocenters. The van der Waals surface area contributed by atoms with E-state index in [2.05, 4.69) is 15.4 Å². The molecule has 0 bridgehead atoms. The summed E-state index contributed by atoms with van der Waals surface area (Å²) < 4.78 is 48.2. The third-order valence-electron chi connectivity index (χ3n) is 5.64. The lowest BCUT2D eigenvalue weighted by Gasteiger charge is -2.18. The van der Waals surface area contributed by atoms with E-state index in [-0.39, 0.29) is 22.5 Å². The van der Waals surface area contributed by atoms with Crippen LogP contribution in [0.3, 0.4) is 0 Å². The summed E-state index contributed by atoms with van der Waals surface area (Å²) in [6, 6.07) is 7.20. The third-order valence-corrected chi connectivity index (χ3v) is 9.28. The number of aliphatic hydroxyl groups excluding tert-OH is 2. The number of nitrogens with zero attached hydrogens (tertiary/aromatic N) is 3. The van der Waals surface area contributed by atoms with Crippen molar-refractivity contribution in [2.75, 3.05) is 17.8 Å². The molecule has 0 radical (unpaired) electrons. The van der Waals surface area contributed by atoms with Gasteiger partial charge in [-0.25, -0.2) is 13.9 Å². The number of hydrogen-bond donors (Lipinski definition) is 6. The highest BCUT2D eigenvalue weighted by atomic mass is 35.5. The molecule has 3 aromatic rings. The molecule has 0 aliphatic carbocycles. The minimum absolute atomic E-state index is 0.0484. The highest BCUT2D eigenvalue weighted by Crippen LogP contribution is 2.55. The molecule has 0 spiro atoms. The Kier molecular flexibility index (Phi) is 8.08. The smallest absolute Gasteiger partial charge is 0.340 e. The van der Waals surface area contributed by atoms with Crippen LogP contribution in [0.25, 0.3) is 5.65 Å². The summed E-state index contributed by atoms with van der Waals surface area (Å²) in [4.78, 5) is 31.8. The van der Waals surface area contributed by atoms with Crippen molar-refractivity contribution in [1.29, 1.82) is 0 Å². The summed E-state index contributed by atoms with van der Waals surface area (Å²) in [5, 5.41) is 28.4. The van der Waals surface area contributed by atoms with Crippen LogP contribution in [0, 0.1) is 5.82 Å². The molecule has 0 amide bonds. The number of imidazole rings is 1.